The lowest BCUT2D eigenvalue weighted by Crippen LogP contribution is -2.57. The third-order valence-electron chi connectivity index (χ3n) is 4.71. The zero-order chi connectivity index (χ0) is 15.2. The van der Waals surface area contributed by atoms with Crippen molar-refractivity contribution in [3.63, 3.8) is 0 Å². The summed E-state index contributed by atoms with van der Waals surface area (Å²) in [6, 6.07) is 6.30. The monoisotopic (exact) mass is 284 g/mol. The normalized spacial score (nSPS) is 19.1. The Morgan fingerprint density at radius 3 is 2.67 bits per heavy atom. The van der Waals surface area contributed by atoms with Crippen molar-refractivity contribution in [3.8, 4) is 0 Å². The minimum absolute atomic E-state index is 0.175. The van der Waals surface area contributed by atoms with Crippen molar-refractivity contribution in [3.05, 3.63) is 30.1 Å². The van der Waals surface area contributed by atoms with Gasteiger partial charge in [-0.05, 0) is 46.0 Å². The molecule has 2 heterocycles. The van der Waals surface area contributed by atoms with Gasteiger partial charge in [-0.1, -0.05) is 0 Å². The zero-order valence-electron chi connectivity index (χ0n) is 13.3. The molecule has 2 N–H and O–H groups in total. The molecule has 4 heteroatoms. The molecule has 4 nitrogen and oxygen atoms in total. The van der Waals surface area contributed by atoms with Crippen LogP contribution in [0.15, 0.2) is 24.4 Å². The summed E-state index contributed by atoms with van der Waals surface area (Å²) in [4.78, 5) is 9.29. The minimum Gasteiger partial charge on any atom is -0.398 e. The number of likely N-dealkylation sites (N-methyl/N-ethyl adjacent to an activating group) is 1. The maximum absolute atomic E-state index is 6.11. The average Bonchev–Trinajstić information content (AvgIpc) is 2.42. The first-order chi connectivity index (χ1) is 9.88. The first-order valence-corrected chi connectivity index (χ1v) is 7.49. The van der Waals surface area contributed by atoms with Crippen LogP contribution in [-0.4, -0.2) is 42.1 Å². The molecule has 112 valence electrons. The van der Waals surface area contributed by atoms with Gasteiger partial charge in [0.25, 0.3) is 0 Å². The molecule has 0 saturated carbocycles. The number of nitrogen functional groups attached to an aromatic ring is 1. The van der Waals surface area contributed by atoms with E-state index in [1.165, 1.54) is 11.1 Å². The van der Waals surface area contributed by atoms with E-state index in [0.29, 0.717) is 0 Å². The third kappa shape index (κ3) is 2.44. The Bertz CT molecular complexity index is 678. The van der Waals surface area contributed by atoms with E-state index >= 15 is 0 Å². The van der Waals surface area contributed by atoms with Crippen LogP contribution in [0.5, 0.6) is 0 Å². The summed E-state index contributed by atoms with van der Waals surface area (Å²) >= 11 is 0. The van der Waals surface area contributed by atoms with Crippen LogP contribution in [0.25, 0.3) is 10.8 Å². The van der Waals surface area contributed by atoms with Crippen LogP contribution in [0.4, 0.5) is 11.4 Å². The molecular weight excluding hydrogens is 260 g/mol. The third-order valence-corrected chi connectivity index (χ3v) is 4.71. The summed E-state index contributed by atoms with van der Waals surface area (Å²) in [5.74, 6) is 0. The summed E-state index contributed by atoms with van der Waals surface area (Å²) in [7, 11) is 2.20. The topological polar surface area (TPSA) is 45.4 Å². The second kappa shape index (κ2) is 4.88. The van der Waals surface area contributed by atoms with Crippen molar-refractivity contribution < 1.29 is 0 Å². The fourth-order valence-electron chi connectivity index (χ4n) is 3.07. The van der Waals surface area contributed by atoms with Crippen molar-refractivity contribution in [2.45, 2.75) is 26.3 Å². The summed E-state index contributed by atoms with van der Waals surface area (Å²) in [5, 5.41) is 2.26. The second-order valence-corrected chi connectivity index (χ2v) is 6.70. The van der Waals surface area contributed by atoms with Crippen LogP contribution < -0.4 is 10.6 Å². The lowest BCUT2D eigenvalue weighted by molar-refractivity contribution is 0.139. The fraction of sp³-hybridized carbons (Fsp3) is 0.471. The van der Waals surface area contributed by atoms with Gasteiger partial charge >= 0.3 is 0 Å². The van der Waals surface area contributed by atoms with E-state index in [-0.39, 0.29) is 5.54 Å². The van der Waals surface area contributed by atoms with Crippen LogP contribution in [0.1, 0.15) is 19.5 Å². The van der Waals surface area contributed by atoms with E-state index < -0.39 is 0 Å². The SMILES string of the molecule is Cc1cc2c(N3CCN(C)C(C)(C)C3)ccc(N)c2cn1. The molecule has 1 aromatic carbocycles. The van der Waals surface area contributed by atoms with E-state index in [2.05, 4.69) is 47.8 Å². The molecule has 1 saturated heterocycles. The number of anilines is 2. The van der Waals surface area contributed by atoms with Crippen LogP contribution in [0.2, 0.25) is 0 Å². The average molecular weight is 284 g/mol. The second-order valence-electron chi connectivity index (χ2n) is 6.70. The highest BCUT2D eigenvalue weighted by Crippen LogP contribution is 2.33. The van der Waals surface area contributed by atoms with Gasteiger partial charge in [-0.3, -0.25) is 9.88 Å². The van der Waals surface area contributed by atoms with E-state index in [1.807, 2.05) is 19.2 Å². The van der Waals surface area contributed by atoms with Crippen molar-refractivity contribution in [2.75, 3.05) is 37.3 Å². The fourth-order valence-corrected chi connectivity index (χ4v) is 3.07. The molecule has 1 aliphatic rings. The number of nitrogens with two attached hydrogens (primary N) is 1. The number of benzene rings is 1. The molecule has 0 spiro atoms. The van der Waals surface area contributed by atoms with Crippen LogP contribution >= 0.6 is 0 Å². The minimum atomic E-state index is 0.175. The van der Waals surface area contributed by atoms with Crippen molar-refractivity contribution >= 4 is 22.1 Å². The molecule has 1 aliphatic heterocycles. The van der Waals surface area contributed by atoms with Gasteiger partial charge in [-0.25, -0.2) is 0 Å². The molecule has 2 aromatic rings. The summed E-state index contributed by atoms with van der Waals surface area (Å²) < 4.78 is 0. The first-order valence-electron chi connectivity index (χ1n) is 7.49. The summed E-state index contributed by atoms with van der Waals surface area (Å²) in [6.45, 7) is 9.75. The maximum Gasteiger partial charge on any atom is 0.0449 e. The number of aryl methyl sites for hydroxylation is 1. The molecule has 21 heavy (non-hydrogen) atoms. The van der Waals surface area contributed by atoms with Crippen LogP contribution in [0, 0.1) is 6.92 Å². The van der Waals surface area contributed by atoms with Gasteiger partial charge in [-0.15, -0.1) is 0 Å². The number of nitrogens with zero attached hydrogens (tertiary/aromatic N) is 3. The Kier molecular flexibility index (Phi) is 3.29. The predicted molar refractivity (Wildman–Crippen MR) is 89.8 cm³/mol. The molecule has 0 amide bonds. The summed E-state index contributed by atoms with van der Waals surface area (Å²) in [6.07, 6.45) is 1.89. The Hall–Kier alpha value is -1.81. The number of aromatic nitrogens is 1. The van der Waals surface area contributed by atoms with Gasteiger partial charge in [0.2, 0.25) is 0 Å². The lowest BCUT2D eigenvalue weighted by atomic mass is 9.98. The highest BCUT2D eigenvalue weighted by Gasteiger charge is 2.31. The van der Waals surface area contributed by atoms with Gasteiger partial charge in [0.1, 0.15) is 0 Å². The highest BCUT2D eigenvalue weighted by molar-refractivity contribution is 6.01. The Morgan fingerprint density at radius 2 is 1.95 bits per heavy atom. The Morgan fingerprint density at radius 1 is 1.19 bits per heavy atom. The molecule has 0 atom stereocenters. The number of rotatable bonds is 1. The van der Waals surface area contributed by atoms with E-state index in [1.54, 1.807) is 0 Å². The zero-order valence-corrected chi connectivity index (χ0v) is 13.3. The van der Waals surface area contributed by atoms with E-state index in [0.717, 1.165) is 36.4 Å². The first kappa shape index (κ1) is 14.1. The Balaban J connectivity index is 2.09. The number of fused-ring (bicyclic) bond motifs is 1. The molecule has 0 aliphatic carbocycles. The molecule has 1 fully saturated rings. The quantitative estimate of drug-likeness (QED) is 0.818. The van der Waals surface area contributed by atoms with Gasteiger partial charge in [0, 0.05) is 59.2 Å². The van der Waals surface area contributed by atoms with E-state index in [4.69, 9.17) is 5.73 Å². The molecule has 0 unspecified atom stereocenters. The number of piperazine rings is 1. The number of hydrogen-bond donors (Lipinski definition) is 1. The lowest BCUT2D eigenvalue weighted by Gasteiger charge is -2.46. The van der Waals surface area contributed by atoms with E-state index in [9.17, 15) is 0 Å². The number of hydrogen-bond acceptors (Lipinski definition) is 4. The molecule has 0 radical (unpaired) electrons. The van der Waals surface area contributed by atoms with Crippen LogP contribution in [0.3, 0.4) is 0 Å². The van der Waals surface area contributed by atoms with Gasteiger partial charge < -0.3 is 10.6 Å². The van der Waals surface area contributed by atoms with Crippen LogP contribution in [-0.2, 0) is 0 Å². The highest BCUT2D eigenvalue weighted by atomic mass is 15.3. The smallest absolute Gasteiger partial charge is 0.0449 e. The largest absolute Gasteiger partial charge is 0.398 e. The molecule has 0 bridgehead atoms. The molecular formula is C17H24N4. The molecule has 1 aromatic heterocycles. The van der Waals surface area contributed by atoms with Crippen molar-refractivity contribution in [1.29, 1.82) is 0 Å². The Labute approximate surface area is 126 Å². The standard InChI is InChI=1S/C17H24N4/c1-12-9-13-14(10-19-12)15(18)5-6-16(13)21-8-7-20(4)17(2,3)11-21/h5-6,9-10H,7-8,11,18H2,1-4H3. The van der Waals surface area contributed by atoms with Crippen molar-refractivity contribution in [2.24, 2.45) is 0 Å². The van der Waals surface area contributed by atoms with Gasteiger partial charge in [0.05, 0.1) is 0 Å². The van der Waals surface area contributed by atoms with Gasteiger partial charge in [-0.2, -0.15) is 0 Å². The number of pyridine rings is 1. The molecule has 3 rings (SSSR count). The predicted octanol–water partition coefficient (Wildman–Crippen LogP) is 2.66. The summed E-state index contributed by atoms with van der Waals surface area (Å²) in [5.41, 5.74) is 9.39. The maximum atomic E-state index is 6.11. The van der Waals surface area contributed by atoms with Crippen molar-refractivity contribution in [1.82, 2.24) is 9.88 Å². The van der Waals surface area contributed by atoms with Gasteiger partial charge in [0.15, 0.2) is 0 Å².